The van der Waals surface area contributed by atoms with Crippen LogP contribution in [0.5, 0.6) is 0 Å². The Morgan fingerprint density at radius 2 is 2.38 bits per heavy atom. The Labute approximate surface area is 101 Å². The van der Waals surface area contributed by atoms with Gasteiger partial charge >= 0.3 is 0 Å². The topological polar surface area (TPSA) is 46.2 Å². The van der Waals surface area contributed by atoms with Gasteiger partial charge in [-0.3, -0.25) is 0 Å². The molecule has 2 nitrogen and oxygen atoms in total. The van der Waals surface area contributed by atoms with Crippen LogP contribution in [0.4, 0.5) is 0 Å². The summed E-state index contributed by atoms with van der Waals surface area (Å²) in [5.41, 5.74) is 9.90. The van der Waals surface area contributed by atoms with E-state index in [-0.39, 0.29) is 17.9 Å². The summed E-state index contributed by atoms with van der Waals surface area (Å²) in [5, 5.41) is 10.0. The Morgan fingerprint density at radius 3 is 2.94 bits per heavy atom. The Morgan fingerprint density at radius 1 is 1.62 bits per heavy atom. The predicted molar refractivity (Wildman–Crippen MR) is 65.9 cm³/mol. The molecule has 1 fully saturated rings. The molecule has 0 bridgehead atoms. The molecule has 0 radical (unpaired) electrons. The number of aliphatic hydroxyl groups is 1. The van der Waals surface area contributed by atoms with Gasteiger partial charge in [0.25, 0.3) is 0 Å². The van der Waals surface area contributed by atoms with Crippen LogP contribution in [0.25, 0.3) is 0 Å². The lowest BCUT2D eigenvalue weighted by molar-refractivity contribution is 0.256. The second-order valence-electron chi connectivity index (χ2n) is 4.45. The van der Waals surface area contributed by atoms with E-state index < -0.39 is 0 Å². The highest BCUT2D eigenvalue weighted by Crippen LogP contribution is 2.62. The van der Waals surface area contributed by atoms with Gasteiger partial charge in [-0.2, -0.15) is 0 Å². The highest BCUT2D eigenvalue weighted by Gasteiger charge is 2.61. The highest BCUT2D eigenvalue weighted by atomic mass is 35.5. The molecule has 2 aliphatic carbocycles. The van der Waals surface area contributed by atoms with Crippen LogP contribution < -0.4 is 5.73 Å². The fraction of sp³-hybridized carbons (Fsp3) is 0.462. The van der Waals surface area contributed by atoms with Crippen molar-refractivity contribution in [1.29, 1.82) is 0 Å². The molecule has 3 N–H and O–H groups in total. The largest absolute Gasteiger partial charge is 0.396 e. The molecule has 0 aromatic carbocycles. The van der Waals surface area contributed by atoms with Gasteiger partial charge < -0.3 is 10.8 Å². The third-order valence-corrected chi connectivity index (χ3v) is 4.15. The minimum Gasteiger partial charge on any atom is -0.396 e. The van der Waals surface area contributed by atoms with E-state index in [0.29, 0.717) is 17.5 Å². The summed E-state index contributed by atoms with van der Waals surface area (Å²) in [5.74, 6) is 0.638. The predicted octanol–water partition coefficient (Wildman–Crippen LogP) is 1.96. The minimum absolute atomic E-state index is 0.117. The number of allylic oxidation sites excluding steroid dienone is 4. The van der Waals surface area contributed by atoms with Crippen LogP contribution in [0.15, 0.2) is 40.6 Å². The summed E-state index contributed by atoms with van der Waals surface area (Å²) in [6.45, 7) is 2.83. The van der Waals surface area contributed by atoms with E-state index in [1.807, 2.05) is 12.2 Å². The zero-order chi connectivity index (χ0) is 11.8. The normalized spacial score (nSPS) is 36.8. The van der Waals surface area contributed by atoms with E-state index in [1.54, 1.807) is 12.2 Å². The maximum atomic E-state index is 9.34. The SMILES string of the molecule is C[C@@H]1C(CO)[C@@]1(CN)C1=CC(Cl)=CC=C=C1. The Hall–Kier alpha value is -0.790. The molecular weight excluding hydrogens is 222 g/mol. The van der Waals surface area contributed by atoms with Crippen LogP contribution in [0, 0.1) is 17.3 Å². The lowest BCUT2D eigenvalue weighted by Gasteiger charge is -2.16. The second-order valence-corrected chi connectivity index (χ2v) is 4.89. The van der Waals surface area contributed by atoms with Crippen molar-refractivity contribution in [3.05, 3.63) is 40.6 Å². The Kier molecular flexibility index (Phi) is 3.09. The number of hydrogen-bond donors (Lipinski definition) is 2. The number of aliphatic hydroxyl groups excluding tert-OH is 1. The number of rotatable bonds is 3. The van der Waals surface area contributed by atoms with Gasteiger partial charge in [-0.1, -0.05) is 18.5 Å². The number of nitrogens with two attached hydrogens (primary N) is 1. The summed E-state index contributed by atoms with van der Waals surface area (Å²) < 4.78 is 0. The molecule has 2 aliphatic rings. The van der Waals surface area contributed by atoms with Crippen LogP contribution in [0.2, 0.25) is 0 Å². The zero-order valence-corrected chi connectivity index (χ0v) is 10.0. The van der Waals surface area contributed by atoms with E-state index in [1.165, 1.54) is 0 Å². The number of halogens is 1. The maximum absolute atomic E-state index is 9.34. The van der Waals surface area contributed by atoms with Crippen molar-refractivity contribution in [2.75, 3.05) is 13.2 Å². The van der Waals surface area contributed by atoms with Gasteiger partial charge in [-0.25, -0.2) is 0 Å². The molecule has 16 heavy (non-hydrogen) atoms. The molecule has 86 valence electrons. The van der Waals surface area contributed by atoms with Crippen molar-refractivity contribution in [2.24, 2.45) is 23.0 Å². The molecule has 0 aromatic heterocycles. The number of hydrogen-bond acceptors (Lipinski definition) is 2. The zero-order valence-electron chi connectivity index (χ0n) is 9.28. The fourth-order valence-corrected chi connectivity index (χ4v) is 2.93. The van der Waals surface area contributed by atoms with Crippen molar-refractivity contribution in [3.8, 4) is 0 Å². The minimum atomic E-state index is -0.117. The quantitative estimate of drug-likeness (QED) is 0.738. The second kappa shape index (κ2) is 4.23. The van der Waals surface area contributed by atoms with Gasteiger partial charge in [0.1, 0.15) is 0 Å². The first-order valence-corrected chi connectivity index (χ1v) is 5.86. The molecule has 0 saturated heterocycles. The summed E-state index contributed by atoms with van der Waals surface area (Å²) in [6, 6.07) is 0. The van der Waals surface area contributed by atoms with E-state index >= 15 is 0 Å². The third kappa shape index (κ3) is 1.59. The van der Waals surface area contributed by atoms with Gasteiger partial charge in [0.05, 0.1) is 0 Å². The van der Waals surface area contributed by atoms with Gasteiger partial charge in [-0.05, 0) is 41.7 Å². The van der Waals surface area contributed by atoms with Crippen molar-refractivity contribution in [3.63, 3.8) is 0 Å². The molecule has 2 rings (SSSR count). The molecule has 1 saturated carbocycles. The Balaban J connectivity index is 2.38. The average molecular weight is 238 g/mol. The molecule has 0 heterocycles. The summed E-state index contributed by atoms with van der Waals surface area (Å²) in [4.78, 5) is 0. The molecular formula is C13H16ClNO. The molecule has 0 spiro atoms. The molecule has 3 heteroatoms. The van der Waals surface area contributed by atoms with Crippen LogP contribution in [-0.4, -0.2) is 18.3 Å². The van der Waals surface area contributed by atoms with Gasteiger partial charge in [-0.15, -0.1) is 5.73 Å². The smallest absolute Gasteiger partial charge is 0.0471 e. The van der Waals surface area contributed by atoms with Crippen LogP contribution in [0.1, 0.15) is 6.92 Å². The molecule has 1 unspecified atom stereocenters. The molecule has 0 amide bonds. The summed E-state index contributed by atoms with van der Waals surface area (Å²) >= 11 is 6.04. The molecule has 0 aliphatic heterocycles. The van der Waals surface area contributed by atoms with Crippen molar-refractivity contribution in [2.45, 2.75) is 6.92 Å². The van der Waals surface area contributed by atoms with Crippen molar-refractivity contribution in [1.82, 2.24) is 0 Å². The first-order valence-electron chi connectivity index (χ1n) is 5.48. The van der Waals surface area contributed by atoms with Gasteiger partial charge in [0.2, 0.25) is 0 Å². The van der Waals surface area contributed by atoms with Gasteiger partial charge in [0.15, 0.2) is 0 Å². The fourth-order valence-electron chi connectivity index (χ4n) is 2.75. The van der Waals surface area contributed by atoms with Crippen LogP contribution in [0.3, 0.4) is 0 Å². The van der Waals surface area contributed by atoms with Crippen LogP contribution in [-0.2, 0) is 0 Å². The maximum Gasteiger partial charge on any atom is 0.0471 e. The van der Waals surface area contributed by atoms with E-state index in [4.69, 9.17) is 17.3 Å². The third-order valence-electron chi connectivity index (χ3n) is 3.91. The lowest BCUT2D eigenvalue weighted by atomic mass is 9.91. The lowest BCUT2D eigenvalue weighted by Crippen LogP contribution is -2.22. The monoisotopic (exact) mass is 237 g/mol. The average Bonchev–Trinajstić information content (AvgIpc) is 2.93. The van der Waals surface area contributed by atoms with E-state index in [9.17, 15) is 5.11 Å². The first-order chi connectivity index (χ1) is 7.66. The van der Waals surface area contributed by atoms with Crippen molar-refractivity contribution >= 4 is 11.6 Å². The van der Waals surface area contributed by atoms with E-state index in [2.05, 4.69) is 12.7 Å². The molecule has 0 aromatic rings. The standard InChI is InChI=1S/C13H16ClNO/c1-9-12(7-16)13(9,8-15)10-4-2-3-5-11(14)6-10/h3-6,9,12,16H,7-8,15H2,1H3/t9-,12?,13-/m1/s1. The summed E-state index contributed by atoms with van der Waals surface area (Å²) in [7, 11) is 0. The van der Waals surface area contributed by atoms with Crippen molar-refractivity contribution < 1.29 is 5.11 Å². The Bertz CT molecular complexity index is 418. The highest BCUT2D eigenvalue weighted by molar-refractivity contribution is 6.31. The van der Waals surface area contributed by atoms with Gasteiger partial charge in [0, 0.05) is 23.6 Å². The first kappa shape index (κ1) is 11.7. The van der Waals surface area contributed by atoms with E-state index in [0.717, 1.165) is 5.57 Å². The molecule has 3 atom stereocenters. The van der Waals surface area contributed by atoms with Crippen LogP contribution >= 0.6 is 11.6 Å². The summed E-state index contributed by atoms with van der Waals surface area (Å²) in [6.07, 6.45) is 7.44.